The van der Waals surface area contributed by atoms with Crippen LogP contribution in [0.15, 0.2) is 48.5 Å². The molecule has 0 radical (unpaired) electrons. The zero-order valence-corrected chi connectivity index (χ0v) is 18.7. The lowest BCUT2D eigenvalue weighted by Crippen LogP contribution is -2.16. The van der Waals surface area contributed by atoms with E-state index < -0.39 is 96.8 Å². The first kappa shape index (κ1) is 26.4. The molecule has 0 bridgehead atoms. The standard InChI is InChI=1S/C27H8F12/c28-10-2-3-11-12(6-10)19(9-1-4-15(29)16(30)5-9)13-7-17(31)18(32)8-14(13)20(11)21-23(33)25(35)22(27(37,38)39)26(36)24(21)34/h1-8H. The molecule has 0 unspecified atom stereocenters. The van der Waals surface area contributed by atoms with E-state index >= 15 is 8.78 Å². The number of rotatable bonds is 2. The van der Waals surface area contributed by atoms with Crippen molar-refractivity contribution in [1.29, 1.82) is 0 Å². The molecule has 0 nitrogen and oxygen atoms in total. The molecule has 0 spiro atoms. The van der Waals surface area contributed by atoms with Gasteiger partial charge >= 0.3 is 6.18 Å². The summed E-state index contributed by atoms with van der Waals surface area (Å²) in [7, 11) is 0. The Morgan fingerprint density at radius 3 is 1.46 bits per heavy atom. The van der Waals surface area contributed by atoms with E-state index in [1.54, 1.807) is 0 Å². The highest BCUT2D eigenvalue weighted by Crippen LogP contribution is 2.48. The van der Waals surface area contributed by atoms with Crippen LogP contribution in [0.3, 0.4) is 0 Å². The maximum Gasteiger partial charge on any atom is 0.422 e. The van der Waals surface area contributed by atoms with Gasteiger partial charge in [0.2, 0.25) is 0 Å². The molecule has 12 heteroatoms. The first-order chi connectivity index (χ1) is 18.2. The van der Waals surface area contributed by atoms with Crippen LogP contribution in [0.5, 0.6) is 0 Å². The van der Waals surface area contributed by atoms with Gasteiger partial charge in [-0.2, -0.15) is 13.2 Å². The van der Waals surface area contributed by atoms with Gasteiger partial charge in [0.05, 0.1) is 5.56 Å². The number of alkyl halides is 3. The van der Waals surface area contributed by atoms with Gasteiger partial charge in [0, 0.05) is 5.56 Å². The van der Waals surface area contributed by atoms with Gasteiger partial charge in [-0.25, -0.2) is 39.5 Å². The summed E-state index contributed by atoms with van der Waals surface area (Å²) in [6.45, 7) is 0. The van der Waals surface area contributed by atoms with Crippen molar-refractivity contribution in [2.24, 2.45) is 0 Å². The van der Waals surface area contributed by atoms with E-state index in [0.717, 1.165) is 12.1 Å². The Morgan fingerprint density at radius 2 is 0.923 bits per heavy atom. The van der Waals surface area contributed by atoms with Gasteiger partial charge < -0.3 is 0 Å². The van der Waals surface area contributed by atoms with E-state index in [-0.39, 0.29) is 11.1 Å². The van der Waals surface area contributed by atoms with Gasteiger partial charge in [-0.05, 0) is 69.1 Å². The molecule has 5 aromatic carbocycles. The summed E-state index contributed by atoms with van der Waals surface area (Å²) in [4.78, 5) is 0. The van der Waals surface area contributed by atoms with E-state index in [2.05, 4.69) is 0 Å². The van der Waals surface area contributed by atoms with Crippen LogP contribution in [0.1, 0.15) is 5.56 Å². The summed E-state index contributed by atoms with van der Waals surface area (Å²) >= 11 is 0. The van der Waals surface area contributed by atoms with Crippen molar-refractivity contribution in [3.8, 4) is 22.3 Å². The zero-order chi connectivity index (χ0) is 28.5. The number of halogens is 12. The maximum absolute atomic E-state index is 15.1. The Morgan fingerprint density at radius 1 is 0.410 bits per heavy atom. The normalized spacial score (nSPS) is 12.1. The van der Waals surface area contributed by atoms with Crippen LogP contribution in [0.4, 0.5) is 52.7 Å². The molecule has 5 aromatic rings. The summed E-state index contributed by atoms with van der Waals surface area (Å²) in [6.07, 6.45) is -5.85. The Hall–Kier alpha value is -4.22. The van der Waals surface area contributed by atoms with Crippen molar-refractivity contribution < 1.29 is 52.7 Å². The second kappa shape index (κ2) is 8.92. The lowest BCUT2D eigenvalue weighted by Gasteiger charge is -2.20. The van der Waals surface area contributed by atoms with Crippen molar-refractivity contribution in [1.82, 2.24) is 0 Å². The molecule has 0 amide bonds. The van der Waals surface area contributed by atoms with Gasteiger partial charge in [-0.15, -0.1) is 0 Å². The van der Waals surface area contributed by atoms with Crippen LogP contribution in [-0.4, -0.2) is 0 Å². The van der Waals surface area contributed by atoms with Crippen LogP contribution in [-0.2, 0) is 6.18 Å². The Balaban J connectivity index is 2.07. The van der Waals surface area contributed by atoms with E-state index in [1.807, 2.05) is 0 Å². The molecule has 200 valence electrons. The van der Waals surface area contributed by atoms with Crippen molar-refractivity contribution in [3.63, 3.8) is 0 Å². The van der Waals surface area contributed by atoms with Gasteiger partial charge in [0.25, 0.3) is 0 Å². The fraction of sp³-hybridized carbons (Fsp3) is 0.0370. The van der Waals surface area contributed by atoms with Gasteiger partial charge in [-0.1, -0.05) is 12.1 Å². The van der Waals surface area contributed by atoms with E-state index in [4.69, 9.17) is 0 Å². The highest BCUT2D eigenvalue weighted by atomic mass is 19.4. The summed E-state index contributed by atoms with van der Waals surface area (Å²) in [5.74, 6) is -17.6. The Kier molecular flexibility index (Phi) is 6.04. The lowest BCUT2D eigenvalue weighted by atomic mass is 9.85. The van der Waals surface area contributed by atoms with Crippen molar-refractivity contribution >= 4 is 21.5 Å². The van der Waals surface area contributed by atoms with Crippen LogP contribution < -0.4 is 0 Å². The average molecular weight is 560 g/mol. The molecule has 5 rings (SSSR count). The van der Waals surface area contributed by atoms with Gasteiger partial charge in [0.1, 0.15) is 11.4 Å². The molecule has 0 saturated carbocycles. The van der Waals surface area contributed by atoms with Crippen LogP contribution in [0, 0.1) is 52.4 Å². The first-order valence-electron chi connectivity index (χ1n) is 10.6. The smallest absolute Gasteiger partial charge is 0.207 e. The van der Waals surface area contributed by atoms with Crippen LogP contribution >= 0.6 is 0 Å². The third-order valence-electron chi connectivity index (χ3n) is 6.12. The van der Waals surface area contributed by atoms with E-state index in [0.29, 0.717) is 36.4 Å². The molecule has 0 saturated heterocycles. The molecule has 0 fully saturated rings. The van der Waals surface area contributed by atoms with E-state index in [1.165, 1.54) is 0 Å². The second-order valence-electron chi connectivity index (χ2n) is 8.38. The largest absolute Gasteiger partial charge is 0.422 e. The average Bonchev–Trinajstić information content (AvgIpc) is 2.85. The highest BCUT2D eigenvalue weighted by Gasteiger charge is 2.43. The third kappa shape index (κ3) is 4.05. The Bertz CT molecular complexity index is 1810. The van der Waals surface area contributed by atoms with Gasteiger partial charge in [0.15, 0.2) is 46.5 Å². The quantitative estimate of drug-likeness (QED) is 0.115. The summed E-state index contributed by atoms with van der Waals surface area (Å²) < 4.78 is 170. The van der Waals surface area contributed by atoms with Crippen molar-refractivity contribution in [2.45, 2.75) is 6.18 Å². The van der Waals surface area contributed by atoms with E-state index in [9.17, 15) is 43.9 Å². The van der Waals surface area contributed by atoms with Gasteiger partial charge in [-0.3, -0.25) is 0 Å². The minimum absolute atomic E-state index is 0.252. The minimum Gasteiger partial charge on any atom is -0.207 e. The molecule has 0 N–H and O–H groups in total. The fourth-order valence-electron chi connectivity index (χ4n) is 4.52. The molecule has 0 aliphatic heterocycles. The number of hydrogen-bond acceptors (Lipinski definition) is 0. The topological polar surface area (TPSA) is 0 Å². The molecular formula is C27H8F12. The summed E-state index contributed by atoms with van der Waals surface area (Å²) in [5, 5.41) is -2.11. The predicted octanol–water partition coefficient (Wildman–Crippen LogP) is 9.60. The molecule has 0 aromatic heterocycles. The van der Waals surface area contributed by atoms with Crippen LogP contribution in [0.2, 0.25) is 0 Å². The third-order valence-corrected chi connectivity index (χ3v) is 6.12. The van der Waals surface area contributed by atoms with Crippen molar-refractivity contribution in [2.75, 3.05) is 0 Å². The molecule has 0 aliphatic rings. The maximum atomic E-state index is 15.1. The SMILES string of the molecule is Fc1ccc2c(-c3c(F)c(F)c(C(F)(F)F)c(F)c3F)c3cc(F)c(F)cc3c(-c3ccc(F)c(F)c3)c2c1. The molecule has 0 atom stereocenters. The molecular weight excluding hydrogens is 552 g/mol. The Labute approximate surface area is 209 Å². The number of hydrogen-bond donors (Lipinski definition) is 0. The number of benzene rings is 5. The van der Waals surface area contributed by atoms with Crippen LogP contribution in [0.25, 0.3) is 43.8 Å². The summed E-state index contributed by atoms with van der Waals surface area (Å²) in [6, 6.07) is 5.24. The zero-order valence-electron chi connectivity index (χ0n) is 18.7. The lowest BCUT2D eigenvalue weighted by molar-refractivity contribution is -0.143. The molecule has 0 heterocycles. The monoisotopic (exact) mass is 560 g/mol. The molecule has 0 aliphatic carbocycles. The minimum atomic E-state index is -5.85. The first-order valence-corrected chi connectivity index (χ1v) is 10.6. The predicted molar refractivity (Wildman–Crippen MR) is 117 cm³/mol. The fourth-order valence-corrected chi connectivity index (χ4v) is 4.52. The summed E-state index contributed by atoms with van der Waals surface area (Å²) in [5.41, 5.74) is -6.10. The second-order valence-corrected chi connectivity index (χ2v) is 8.38. The highest BCUT2D eigenvalue weighted by molar-refractivity contribution is 6.21. The molecule has 39 heavy (non-hydrogen) atoms. The number of fused-ring (bicyclic) bond motifs is 2. The van der Waals surface area contributed by atoms with Crippen molar-refractivity contribution in [3.05, 3.63) is 106 Å².